The maximum atomic E-state index is 2.77. The molecular formula is C16H34N2. The predicted octanol–water partition coefficient (Wildman–Crippen LogP) is 3.62. The van der Waals surface area contributed by atoms with E-state index in [1.165, 1.54) is 51.9 Å². The quantitative estimate of drug-likeness (QED) is 0.759. The molecule has 1 unspecified atom stereocenters. The molecule has 2 aliphatic heterocycles. The zero-order valence-corrected chi connectivity index (χ0v) is 13.3. The molecule has 0 radical (unpaired) electrons. The highest BCUT2D eigenvalue weighted by atomic mass is 15.2. The van der Waals surface area contributed by atoms with Crippen LogP contribution in [0.4, 0.5) is 0 Å². The molecule has 18 heavy (non-hydrogen) atoms. The summed E-state index contributed by atoms with van der Waals surface area (Å²) in [6.07, 6.45) is 5.62. The van der Waals surface area contributed by atoms with Crippen LogP contribution in [0.5, 0.6) is 0 Å². The van der Waals surface area contributed by atoms with Crippen molar-refractivity contribution in [1.29, 1.82) is 0 Å². The molecule has 0 aromatic heterocycles. The maximum Gasteiger partial charge on any atom is 0.0120 e. The Morgan fingerprint density at radius 1 is 1.00 bits per heavy atom. The van der Waals surface area contributed by atoms with Crippen LogP contribution in [-0.2, 0) is 0 Å². The third kappa shape index (κ3) is 4.24. The summed E-state index contributed by atoms with van der Waals surface area (Å²) in [6, 6.07) is 1.63. The Balaban J connectivity index is 0.000000771. The van der Waals surface area contributed by atoms with Gasteiger partial charge in [-0.3, -0.25) is 0 Å². The molecule has 0 saturated carbocycles. The first-order valence-corrected chi connectivity index (χ1v) is 8.18. The fourth-order valence-corrected chi connectivity index (χ4v) is 3.29. The fourth-order valence-electron chi connectivity index (χ4n) is 3.29. The van der Waals surface area contributed by atoms with E-state index in [0.717, 1.165) is 18.0 Å². The highest BCUT2D eigenvalue weighted by Gasteiger charge is 2.30. The number of hydrogen-bond acceptors (Lipinski definition) is 2. The number of likely N-dealkylation sites (tertiary alicyclic amines) is 2. The van der Waals surface area contributed by atoms with Gasteiger partial charge in [-0.05, 0) is 58.7 Å². The van der Waals surface area contributed by atoms with Crippen molar-refractivity contribution in [2.75, 3.05) is 26.2 Å². The first-order chi connectivity index (χ1) is 8.70. The van der Waals surface area contributed by atoms with Crippen LogP contribution in [-0.4, -0.2) is 48.1 Å². The lowest BCUT2D eigenvalue weighted by Crippen LogP contribution is -2.46. The molecule has 0 aromatic rings. The summed E-state index contributed by atoms with van der Waals surface area (Å²) in [5, 5.41) is 0. The van der Waals surface area contributed by atoms with Gasteiger partial charge >= 0.3 is 0 Å². The minimum atomic E-state index is 0.739. The molecule has 0 spiro atoms. The molecule has 0 aliphatic carbocycles. The molecule has 0 bridgehead atoms. The average Bonchev–Trinajstić information content (AvgIpc) is 2.90. The Hall–Kier alpha value is -0.0800. The Morgan fingerprint density at radius 3 is 2.06 bits per heavy atom. The van der Waals surface area contributed by atoms with Gasteiger partial charge in [-0.2, -0.15) is 0 Å². The van der Waals surface area contributed by atoms with E-state index in [9.17, 15) is 0 Å². The number of rotatable bonds is 3. The second kappa shape index (κ2) is 8.16. The van der Waals surface area contributed by atoms with E-state index in [4.69, 9.17) is 0 Å². The highest BCUT2D eigenvalue weighted by Crippen LogP contribution is 2.26. The van der Waals surface area contributed by atoms with Crippen molar-refractivity contribution in [3.63, 3.8) is 0 Å². The monoisotopic (exact) mass is 254 g/mol. The fraction of sp³-hybridized carbons (Fsp3) is 1.00. The standard InChI is InChI=1S/C14H28N2.C2H6/c1-4-13-5-8-16(11-13)14-6-9-15(10-7-14)12(2)3;1-2/h12-14H,4-11H2,1-3H3;1-2H3. The van der Waals surface area contributed by atoms with Crippen LogP contribution < -0.4 is 0 Å². The largest absolute Gasteiger partial charge is 0.301 e. The lowest BCUT2D eigenvalue weighted by molar-refractivity contribution is 0.105. The summed E-state index contributed by atoms with van der Waals surface area (Å²) in [5.74, 6) is 0.989. The SMILES string of the molecule is CC.CCC1CCN(C2CCN(C(C)C)CC2)C1. The zero-order chi connectivity index (χ0) is 13.5. The van der Waals surface area contributed by atoms with Gasteiger partial charge in [0, 0.05) is 18.6 Å². The third-order valence-electron chi connectivity index (χ3n) is 4.64. The van der Waals surface area contributed by atoms with E-state index in [2.05, 4.69) is 30.6 Å². The van der Waals surface area contributed by atoms with Crippen molar-refractivity contribution in [3.05, 3.63) is 0 Å². The molecular weight excluding hydrogens is 220 g/mol. The highest BCUT2D eigenvalue weighted by molar-refractivity contribution is 4.85. The normalized spacial score (nSPS) is 27.3. The maximum absolute atomic E-state index is 2.77. The van der Waals surface area contributed by atoms with Gasteiger partial charge in [0.05, 0.1) is 0 Å². The Bertz CT molecular complexity index is 207. The number of hydrogen-bond donors (Lipinski definition) is 0. The van der Waals surface area contributed by atoms with Gasteiger partial charge < -0.3 is 9.80 Å². The molecule has 2 heteroatoms. The van der Waals surface area contributed by atoms with Gasteiger partial charge in [-0.25, -0.2) is 0 Å². The first kappa shape index (κ1) is 16.0. The summed E-state index contributed by atoms with van der Waals surface area (Å²) >= 11 is 0. The average molecular weight is 254 g/mol. The van der Waals surface area contributed by atoms with E-state index in [1.807, 2.05) is 13.8 Å². The van der Waals surface area contributed by atoms with Gasteiger partial charge in [0.2, 0.25) is 0 Å². The smallest absolute Gasteiger partial charge is 0.0120 e. The Kier molecular flexibility index (Phi) is 7.25. The molecule has 2 aliphatic rings. The van der Waals surface area contributed by atoms with E-state index >= 15 is 0 Å². The molecule has 0 N–H and O–H groups in total. The molecule has 2 rings (SSSR count). The summed E-state index contributed by atoms with van der Waals surface area (Å²) in [5.41, 5.74) is 0. The summed E-state index contributed by atoms with van der Waals surface area (Å²) in [6.45, 7) is 16.4. The van der Waals surface area contributed by atoms with Gasteiger partial charge in [-0.15, -0.1) is 0 Å². The van der Waals surface area contributed by atoms with E-state index in [-0.39, 0.29) is 0 Å². The Morgan fingerprint density at radius 2 is 1.61 bits per heavy atom. The second-order valence-electron chi connectivity index (χ2n) is 5.92. The van der Waals surface area contributed by atoms with Crippen molar-refractivity contribution in [2.45, 2.75) is 72.4 Å². The van der Waals surface area contributed by atoms with Crippen LogP contribution >= 0.6 is 0 Å². The summed E-state index contributed by atoms with van der Waals surface area (Å²) in [4.78, 5) is 5.40. The second-order valence-corrected chi connectivity index (χ2v) is 5.92. The molecule has 0 amide bonds. The Labute approximate surface area is 115 Å². The molecule has 108 valence electrons. The van der Waals surface area contributed by atoms with Crippen molar-refractivity contribution in [2.24, 2.45) is 5.92 Å². The summed E-state index contributed by atoms with van der Waals surface area (Å²) < 4.78 is 0. The van der Waals surface area contributed by atoms with Crippen LogP contribution in [0.25, 0.3) is 0 Å². The minimum Gasteiger partial charge on any atom is -0.301 e. The van der Waals surface area contributed by atoms with Crippen molar-refractivity contribution in [1.82, 2.24) is 9.80 Å². The van der Waals surface area contributed by atoms with Crippen LogP contribution in [0.3, 0.4) is 0 Å². The van der Waals surface area contributed by atoms with Gasteiger partial charge in [0.15, 0.2) is 0 Å². The van der Waals surface area contributed by atoms with Crippen LogP contribution in [0.2, 0.25) is 0 Å². The van der Waals surface area contributed by atoms with E-state index < -0.39 is 0 Å². The van der Waals surface area contributed by atoms with Crippen LogP contribution in [0.15, 0.2) is 0 Å². The van der Waals surface area contributed by atoms with Gasteiger partial charge in [0.1, 0.15) is 0 Å². The van der Waals surface area contributed by atoms with Crippen molar-refractivity contribution in [3.8, 4) is 0 Å². The molecule has 2 fully saturated rings. The topological polar surface area (TPSA) is 6.48 Å². The van der Waals surface area contributed by atoms with Crippen molar-refractivity contribution < 1.29 is 0 Å². The molecule has 2 saturated heterocycles. The first-order valence-electron chi connectivity index (χ1n) is 8.18. The van der Waals surface area contributed by atoms with E-state index in [1.54, 1.807) is 0 Å². The number of piperidine rings is 1. The zero-order valence-electron chi connectivity index (χ0n) is 13.3. The van der Waals surface area contributed by atoms with Gasteiger partial charge in [0.25, 0.3) is 0 Å². The molecule has 1 atom stereocenters. The molecule has 0 aromatic carbocycles. The van der Waals surface area contributed by atoms with E-state index in [0.29, 0.717) is 0 Å². The number of nitrogens with zero attached hydrogens (tertiary/aromatic N) is 2. The van der Waals surface area contributed by atoms with Crippen molar-refractivity contribution >= 4 is 0 Å². The third-order valence-corrected chi connectivity index (χ3v) is 4.64. The lowest BCUT2D eigenvalue weighted by Gasteiger charge is -2.38. The van der Waals surface area contributed by atoms with Crippen LogP contribution in [0.1, 0.15) is 60.3 Å². The van der Waals surface area contributed by atoms with Gasteiger partial charge in [-0.1, -0.05) is 27.2 Å². The molecule has 2 nitrogen and oxygen atoms in total. The minimum absolute atomic E-state index is 0.739. The molecule has 2 heterocycles. The predicted molar refractivity (Wildman–Crippen MR) is 81.1 cm³/mol. The summed E-state index contributed by atoms with van der Waals surface area (Å²) in [7, 11) is 0. The lowest BCUT2D eigenvalue weighted by atomic mass is 10.0. The van der Waals surface area contributed by atoms with Crippen LogP contribution in [0, 0.1) is 5.92 Å².